The van der Waals surface area contributed by atoms with Gasteiger partial charge in [-0.2, -0.15) is 0 Å². The monoisotopic (exact) mass is 353 g/mol. The summed E-state index contributed by atoms with van der Waals surface area (Å²) in [5.41, 5.74) is 3.16. The van der Waals surface area contributed by atoms with Gasteiger partial charge in [-0.3, -0.25) is 4.79 Å². The number of nitrogens with one attached hydrogen (secondary N) is 1. The van der Waals surface area contributed by atoms with Gasteiger partial charge in [0.25, 0.3) is 0 Å². The van der Waals surface area contributed by atoms with E-state index in [0.29, 0.717) is 11.6 Å². The van der Waals surface area contributed by atoms with Crippen LogP contribution in [-0.2, 0) is 11.2 Å². The largest absolute Gasteiger partial charge is 0.448 e. The minimum atomic E-state index is -0.0424. The molecule has 20 heavy (non-hydrogen) atoms. The standard InChI is InChI=1S/C15H13BrClNO2/c16-15(12-6-7-13(17)20-12)10-4-5-11-9(8-10)2-1-3-14(19)18-11/h4-8,15H,1-3H2,(H,18,19). The molecule has 0 radical (unpaired) electrons. The summed E-state index contributed by atoms with van der Waals surface area (Å²) < 4.78 is 5.43. The van der Waals surface area contributed by atoms with E-state index in [0.717, 1.165) is 35.4 Å². The van der Waals surface area contributed by atoms with Crippen molar-refractivity contribution in [2.75, 3.05) is 5.32 Å². The summed E-state index contributed by atoms with van der Waals surface area (Å²) in [7, 11) is 0. The Bertz CT molecular complexity index is 653. The molecular weight excluding hydrogens is 342 g/mol. The molecule has 0 saturated carbocycles. The fourth-order valence-corrected chi connectivity index (χ4v) is 3.06. The van der Waals surface area contributed by atoms with Crippen LogP contribution in [0.2, 0.25) is 5.22 Å². The normalized spacial score (nSPS) is 16.2. The summed E-state index contributed by atoms with van der Waals surface area (Å²) in [6, 6.07) is 9.63. The van der Waals surface area contributed by atoms with Gasteiger partial charge < -0.3 is 9.73 Å². The number of rotatable bonds is 2. The van der Waals surface area contributed by atoms with Crippen molar-refractivity contribution in [2.24, 2.45) is 0 Å². The van der Waals surface area contributed by atoms with Gasteiger partial charge >= 0.3 is 0 Å². The zero-order chi connectivity index (χ0) is 14.1. The summed E-state index contributed by atoms with van der Waals surface area (Å²) in [5, 5.41) is 3.31. The molecule has 0 aliphatic carbocycles. The number of fused-ring (bicyclic) bond motifs is 1. The van der Waals surface area contributed by atoms with Crippen molar-refractivity contribution >= 4 is 39.1 Å². The van der Waals surface area contributed by atoms with E-state index < -0.39 is 0 Å². The second-order valence-corrected chi connectivity index (χ2v) is 6.11. The maximum Gasteiger partial charge on any atom is 0.224 e. The highest BCUT2D eigenvalue weighted by Gasteiger charge is 2.18. The summed E-state index contributed by atoms with van der Waals surface area (Å²) in [4.78, 5) is 11.5. The van der Waals surface area contributed by atoms with Crippen molar-refractivity contribution in [3.63, 3.8) is 0 Å². The van der Waals surface area contributed by atoms with Gasteiger partial charge in [-0.15, -0.1) is 0 Å². The molecule has 0 saturated heterocycles. The smallest absolute Gasteiger partial charge is 0.224 e. The lowest BCUT2D eigenvalue weighted by Crippen LogP contribution is -2.09. The lowest BCUT2D eigenvalue weighted by Gasteiger charge is -2.12. The summed E-state index contributed by atoms with van der Waals surface area (Å²) in [6.45, 7) is 0. The number of hydrogen-bond donors (Lipinski definition) is 1. The Kier molecular flexibility index (Phi) is 3.85. The van der Waals surface area contributed by atoms with Crippen LogP contribution in [0, 0.1) is 0 Å². The third kappa shape index (κ3) is 2.76. The molecule has 1 aromatic heterocycles. The number of amides is 1. The van der Waals surface area contributed by atoms with E-state index in [1.54, 1.807) is 6.07 Å². The average Bonchev–Trinajstić information content (AvgIpc) is 2.77. The molecule has 3 rings (SSSR count). The van der Waals surface area contributed by atoms with E-state index in [1.807, 2.05) is 18.2 Å². The third-order valence-electron chi connectivity index (χ3n) is 3.39. The molecule has 1 N–H and O–H groups in total. The highest BCUT2D eigenvalue weighted by molar-refractivity contribution is 9.09. The van der Waals surface area contributed by atoms with Crippen molar-refractivity contribution in [1.29, 1.82) is 0 Å². The SMILES string of the molecule is O=C1CCCc2cc(C(Br)c3ccc(Cl)o3)ccc2N1. The number of benzene rings is 1. The molecule has 3 nitrogen and oxygen atoms in total. The molecule has 1 aliphatic rings. The molecule has 1 amide bonds. The number of hydrogen-bond acceptors (Lipinski definition) is 2. The van der Waals surface area contributed by atoms with Crippen molar-refractivity contribution in [2.45, 2.75) is 24.1 Å². The maximum atomic E-state index is 11.5. The Hall–Kier alpha value is -1.26. The Morgan fingerprint density at radius 3 is 2.85 bits per heavy atom. The quantitative estimate of drug-likeness (QED) is 0.795. The van der Waals surface area contributed by atoms with Gasteiger partial charge in [-0.05, 0) is 53.8 Å². The van der Waals surface area contributed by atoms with Gasteiger partial charge in [0.2, 0.25) is 5.91 Å². The van der Waals surface area contributed by atoms with E-state index in [2.05, 4.69) is 27.3 Å². The molecule has 0 spiro atoms. The lowest BCUT2D eigenvalue weighted by atomic mass is 10.0. The van der Waals surface area contributed by atoms with Crippen molar-refractivity contribution in [3.05, 3.63) is 52.4 Å². The zero-order valence-electron chi connectivity index (χ0n) is 10.7. The van der Waals surface area contributed by atoms with Crippen LogP contribution >= 0.6 is 27.5 Å². The molecule has 5 heteroatoms. The molecule has 1 atom stereocenters. The van der Waals surface area contributed by atoms with Crippen LogP contribution in [0.1, 0.15) is 34.6 Å². The van der Waals surface area contributed by atoms with Crippen LogP contribution in [0.3, 0.4) is 0 Å². The predicted molar refractivity (Wildman–Crippen MR) is 82.5 cm³/mol. The van der Waals surface area contributed by atoms with Gasteiger partial charge in [0.15, 0.2) is 5.22 Å². The van der Waals surface area contributed by atoms with Gasteiger partial charge in [0, 0.05) is 12.1 Å². The fourth-order valence-electron chi connectivity index (χ4n) is 2.38. The number of furan rings is 1. The first-order valence-electron chi connectivity index (χ1n) is 6.45. The van der Waals surface area contributed by atoms with Crippen LogP contribution in [0.25, 0.3) is 0 Å². The topological polar surface area (TPSA) is 42.2 Å². The Morgan fingerprint density at radius 2 is 2.10 bits per heavy atom. The molecule has 2 aromatic rings. The molecular formula is C15H13BrClNO2. The summed E-state index contributed by atoms with van der Waals surface area (Å²) in [6.07, 6.45) is 2.36. The first kappa shape index (κ1) is 13.7. The first-order chi connectivity index (χ1) is 9.63. The second-order valence-electron chi connectivity index (χ2n) is 4.82. The Labute approximate surface area is 130 Å². The second kappa shape index (κ2) is 5.62. The molecule has 1 unspecified atom stereocenters. The third-order valence-corrected chi connectivity index (χ3v) is 4.57. The van der Waals surface area contributed by atoms with Gasteiger partial charge in [0.1, 0.15) is 5.76 Å². The van der Waals surface area contributed by atoms with Gasteiger partial charge in [0.05, 0.1) is 4.83 Å². The molecule has 104 valence electrons. The predicted octanol–water partition coefficient (Wildman–Crippen LogP) is 4.69. The highest BCUT2D eigenvalue weighted by atomic mass is 79.9. The highest BCUT2D eigenvalue weighted by Crippen LogP contribution is 2.35. The summed E-state index contributed by atoms with van der Waals surface area (Å²) in [5.74, 6) is 0.859. The lowest BCUT2D eigenvalue weighted by molar-refractivity contribution is -0.116. The van der Waals surface area contributed by atoms with E-state index in [1.165, 1.54) is 0 Å². The number of halogens is 2. The minimum Gasteiger partial charge on any atom is -0.448 e. The molecule has 1 aliphatic heterocycles. The van der Waals surface area contributed by atoms with E-state index in [-0.39, 0.29) is 10.7 Å². The number of carbonyl (C=O) groups excluding carboxylic acids is 1. The van der Waals surface area contributed by atoms with E-state index in [9.17, 15) is 4.79 Å². The van der Waals surface area contributed by atoms with Crippen molar-refractivity contribution in [3.8, 4) is 0 Å². The van der Waals surface area contributed by atoms with E-state index in [4.69, 9.17) is 16.0 Å². The van der Waals surface area contributed by atoms with Crippen LogP contribution in [0.15, 0.2) is 34.7 Å². The summed E-state index contributed by atoms with van der Waals surface area (Å²) >= 11 is 9.44. The van der Waals surface area contributed by atoms with Gasteiger partial charge in [-0.1, -0.05) is 28.1 Å². The van der Waals surface area contributed by atoms with Crippen molar-refractivity contribution in [1.82, 2.24) is 0 Å². The minimum absolute atomic E-state index is 0.0424. The first-order valence-corrected chi connectivity index (χ1v) is 7.75. The van der Waals surface area contributed by atoms with Crippen LogP contribution in [0.4, 0.5) is 5.69 Å². The van der Waals surface area contributed by atoms with Crippen LogP contribution in [0.5, 0.6) is 0 Å². The molecule has 2 heterocycles. The molecule has 0 bridgehead atoms. The zero-order valence-corrected chi connectivity index (χ0v) is 13.0. The van der Waals surface area contributed by atoms with Crippen molar-refractivity contribution < 1.29 is 9.21 Å². The Morgan fingerprint density at radius 1 is 1.25 bits per heavy atom. The number of carbonyl (C=O) groups is 1. The number of aryl methyl sites for hydroxylation is 1. The molecule has 1 aromatic carbocycles. The van der Waals surface area contributed by atoms with E-state index >= 15 is 0 Å². The maximum absolute atomic E-state index is 11.5. The van der Waals surface area contributed by atoms with Crippen LogP contribution in [-0.4, -0.2) is 5.91 Å². The molecule has 0 fully saturated rings. The average molecular weight is 355 g/mol. The number of anilines is 1. The fraction of sp³-hybridized carbons (Fsp3) is 0.267. The Balaban J connectivity index is 1.92. The van der Waals surface area contributed by atoms with Crippen LogP contribution < -0.4 is 5.32 Å². The van der Waals surface area contributed by atoms with Gasteiger partial charge in [-0.25, -0.2) is 0 Å². The number of alkyl halides is 1.